The SMILES string of the molecule is CSCCC(NC(=O)C(CCCCN)NC(=O)C(N)Cc1ccc(O)cc1)C(=O)NC(Cc1ccccc1)C(=O)O. The van der Waals surface area contributed by atoms with E-state index in [1.165, 1.54) is 23.9 Å². The average molecular weight is 588 g/mol. The van der Waals surface area contributed by atoms with Gasteiger partial charge in [0.25, 0.3) is 0 Å². The number of aliphatic carboxylic acids is 1. The summed E-state index contributed by atoms with van der Waals surface area (Å²) in [6.45, 7) is 0.416. The Bertz CT molecular complexity index is 1120. The zero-order valence-corrected chi connectivity index (χ0v) is 24.1. The molecule has 4 atom stereocenters. The first kappa shape index (κ1) is 33.6. The number of carbonyl (C=O) groups excluding carboxylic acids is 3. The van der Waals surface area contributed by atoms with Gasteiger partial charge >= 0.3 is 5.97 Å². The number of carboxylic acids is 1. The van der Waals surface area contributed by atoms with Gasteiger partial charge in [-0.3, -0.25) is 14.4 Å². The van der Waals surface area contributed by atoms with Gasteiger partial charge in [0.2, 0.25) is 17.7 Å². The van der Waals surface area contributed by atoms with Crippen LogP contribution in [0.25, 0.3) is 0 Å². The standard InChI is InChI=1S/C29H41N5O6S/c1-41-16-14-24(28(38)34-25(29(39)40)18-19-7-3-2-4-8-19)33-27(37)23(9-5-6-15-30)32-26(36)22(31)17-20-10-12-21(35)13-11-20/h2-4,7-8,10-13,22-25,35H,5-6,9,14-18,30-31H2,1H3,(H,32,36)(H,33,37)(H,34,38)(H,39,40). The van der Waals surface area contributed by atoms with E-state index in [-0.39, 0.29) is 31.4 Å². The lowest BCUT2D eigenvalue weighted by molar-refractivity contribution is -0.142. The van der Waals surface area contributed by atoms with Crippen LogP contribution in [-0.2, 0) is 32.0 Å². The summed E-state index contributed by atoms with van der Waals surface area (Å²) >= 11 is 1.48. The van der Waals surface area contributed by atoms with Crippen molar-refractivity contribution in [2.45, 2.75) is 62.7 Å². The first-order chi connectivity index (χ1) is 19.6. The molecule has 0 radical (unpaired) electrons. The molecule has 4 unspecified atom stereocenters. The molecule has 0 saturated heterocycles. The largest absolute Gasteiger partial charge is 0.508 e. The van der Waals surface area contributed by atoms with Crippen molar-refractivity contribution in [3.63, 3.8) is 0 Å². The lowest BCUT2D eigenvalue weighted by Crippen LogP contribution is -2.57. The minimum Gasteiger partial charge on any atom is -0.508 e. The van der Waals surface area contributed by atoms with Crippen LogP contribution >= 0.6 is 11.8 Å². The molecule has 9 N–H and O–H groups in total. The van der Waals surface area contributed by atoms with Gasteiger partial charge in [-0.2, -0.15) is 11.8 Å². The number of thioether (sulfide) groups is 1. The number of nitrogens with one attached hydrogen (secondary N) is 3. The second kappa shape index (κ2) is 17.9. The van der Waals surface area contributed by atoms with Crippen LogP contribution in [0.5, 0.6) is 5.75 Å². The summed E-state index contributed by atoms with van der Waals surface area (Å²) in [5.41, 5.74) is 13.2. The number of aromatic hydroxyl groups is 1. The normalized spacial score (nSPS) is 13.8. The summed E-state index contributed by atoms with van der Waals surface area (Å²) in [4.78, 5) is 51.3. The van der Waals surface area contributed by atoms with Crippen molar-refractivity contribution < 1.29 is 29.4 Å². The highest BCUT2D eigenvalue weighted by Gasteiger charge is 2.30. The molecule has 0 aliphatic carbocycles. The number of hydrogen-bond donors (Lipinski definition) is 7. The zero-order valence-electron chi connectivity index (χ0n) is 23.3. The maximum atomic E-state index is 13.4. The summed E-state index contributed by atoms with van der Waals surface area (Å²) in [6, 6.07) is 11.1. The maximum Gasteiger partial charge on any atom is 0.326 e. The molecular weight excluding hydrogens is 546 g/mol. The van der Waals surface area contributed by atoms with E-state index in [1.807, 2.05) is 12.3 Å². The van der Waals surface area contributed by atoms with Crippen LogP contribution in [0.1, 0.15) is 36.8 Å². The minimum atomic E-state index is -1.19. The van der Waals surface area contributed by atoms with Crippen molar-refractivity contribution in [1.82, 2.24) is 16.0 Å². The van der Waals surface area contributed by atoms with Gasteiger partial charge in [-0.05, 0) is 73.9 Å². The molecular formula is C29H41N5O6S. The third-order valence-electron chi connectivity index (χ3n) is 6.45. The summed E-state index contributed by atoms with van der Waals surface area (Å²) in [7, 11) is 0. The highest BCUT2D eigenvalue weighted by atomic mass is 32.2. The molecule has 41 heavy (non-hydrogen) atoms. The summed E-state index contributed by atoms with van der Waals surface area (Å²) in [5.74, 6) is -2.28. The van der Waals surface area contributed by atoms with Crippen molar-refractivity contribution in [2.24, 2.45) is 11.5 Å². The predicted molar refractivity (Wildman–Crippen MR) is 159 cm³/mol. The molecule has 3 amide bonds. The number of benzene rings is 2. The van der Waals surface area contributed by atoms with Gasteiger partial charge in [-0.15, -0.1) is 0 Å². The molecule has 0 aliphatic rings. The highest BCUT2D eigenvalue weighted by Crippen LogP contribution is 2.12. The van der Waals surface area contributed by atoms with E-state index in [1.54, 1.807) is 36.4 Å². The Morgan fingerprint density at radius 3 is 1.93 bits per heavy atom. The highest BCUT2D eigenvalue weighted by molar-refractivity contribution is 7.98. The van der Waals surface area contributed by atoms with Gasteiger partial charge in [0, 0.05) is 6.42 Å². The Kier molecular flexibility index (Phi) is 14.7. The molecule has 0 saturated carbocycles. The lowest BCUT2D eigenvalue weighted by atomic mass is 10.0. The molecule has 0 aliphatic heterocycles. The third-order valence-corrected chi connectivity index (χ3v) is 7.09. The van der Waals surface area contributed by atoms with Crippen molar-refractivity contribution >= 4 is 35.5 Å². The van der Waals surface area contributed by atoms with Crippen molar-refractivity contribution in [2.75, 3.05) is 18.6 Å². The second-order valence-electron chi connectivity index (χ2n) is 9.75. The number of phenolic OH excluding ortho intramolecular Hbond substituents is 1. The van der Waals surface area contributed by atoms with Crippen LogP contribution in [0.15, 0.2) is 54.6 Å². The first-order valence-corrected chi connectivity index (χ1v) is 14.9. The molecule has 2 aromatic rings. The van der Waals surface area contributed by atoms with Crippen molar-refractivity contribution in [1.29, 1.82) is 0 Å². The predicted octanol–water partition coefficient (Wildman–Crippen LogP) is 0.926. The molecule has 2 aromatic carbocycles. The number of carbonyl (C=O) groups is 4. The van der Waals surface area contributed by atoms with Crippen LogP contribution in [-0.4, -0.2) is 76.6 Å². The molecule has 11 nitrogen and oxygen atoms in total. The second-order valence-corrected chi connectivity index (χ2v) is 10.7. The van der Waals surface area contributed by atoms with Crippen LogP contribution < -0.4 is 27.4 Å². The monoisotopic (exact) mass is 587 g/mol. The van der Waals surface area contributed by atoms with E-state index in [2.05, 4.69) is 16.0 Å². The number of phenols is 1. The number of amides is 3. The van der Waals surface area contributed by atoms with Crippen LogP contribution in [0.4, 0.5) is 0 Å². The van der Waals surface area contributed by atoms with Gasteiger partial charge in [0.05, 0.1) is 6.04 Å². The van der Waals surface area contributed by atoms with E-state index in [0.29, 0.717) is 25.1 Å². The number of carboxylic acid groups (broad SMARTS) is 1. The fourth-order valence-corrected chi connectivity index (χ4v) is 4.59. The maximum absolute atomic E-state index is 13.4. The molecule has 0 bridgehead atoms. The van der Waals surface area contributed by atoms with E-state index < -0.39 is 47.9 Å². The van der Waals surface area contributed by atoms with E-state index in [4.69, 9.17) is 11.5 Å². The van der Waals surface area contributed by atoms with Crippen LogP contribution in [0.3, 0.4) is 0 Å². The topological polar surface area (TPSA) is 197 Å². The van der Waals surface area contributed by atoms with Gasteiger partial charge in [-0.1, -0.05) is 42.5 Å². The Morgan fingerprint density at radius 2 is 1.34 bits per heavy atom. The van der Waals surface area contributed by atoms with Crippen molar-refractivity contribution in [3.05, 3.63) is 65.7 Å². The van der Waals surface area contributed by atoms with Gasteiger partial charge in [-0.25, -0.2) is 4.79 Å². The summed E-state index contributed by atoms with van der Waals surface area (Å²) in [6.07, 6.45) is 3.88. The van der Waals surface area contributed by atoms with Crippen molar-refractivity contribution in [3.8, 4) is 5.75 Å². The average Bonchev–Trinajstić information content (AvgIpc) is 2.95. The zero-order chi connectivity index (χ0) is 30.2. The van der Waals surface area contributed by atoms with Gasteiger partial charge < -0.3 is 37.6 Å². The van der Waals surface area contributed by atoms with E-state index in [9.17, 15) is 29.4 Å². The summed E-state index contributed by atoms with van der Waals surface area (Å²) in [5, 5.41) is 27.2. The minimum absolute atomic E-state index is 0.0851. The van der Waals surface area contributed by atoms with Crippen LogP contribution in [0, 0.1) is 0 Å². The lowest BCUT2D eigenvalue weighted by Gasteiger charge is -2.25. The molecule has 2 rings (SSSR count). The van der Waals surface area contributed by atoms with Gasteiger partial charge in [0.1, 0.15) is 23.9 Å². The number of hydrogen-bond acceptors (Lipinski definition) is 8. The quantitative estimate of drug-likeness (QED) is 0.124. The number of unbranched alkanes of at least 4 members (excludes halogenated alkanes) is 1. The Morgan fingerprint density at radius 1 is 0.780 bits per heavy atom. The molecule has 0 spiro atoms. The van der Waals surface area contributed by atoms with E-state index >= 15 is 0 Å². The number of rotatable bonds is 18. The molecule has 12 heteroatoms. The Hall–Kier alpha value is -3.61. The fourth-order valence-electron chi connectivity index (χ4n) is 4.12. The molecule has 0 aromatic heterocycles. The fraction of sp³-hybridized carbons (Fsp3) is 0.448. The van der Waals surface area contributed by atoms with Crippen LogP contribution in [0.2, 0.25) is 0 Å². The smallest absolute Gasteiger partial charge is 0.326 e. The molecule has 0 fully saturated rings. The Labute approximate surface area is 244 Å². The van der Waals surface area contributed by atoms with E-state index in [0.717, 1.165) is 11.1 Å². The molecule has 224 valence electrons. The number of nitrogens with two attached hydrogens (primary N) is 2. The van der Waals surface area contributed by atoms with Gasteiger partial charge in [0.15, 0.2) is 0 Å². The Balaban J connectivity index is 2.11. The first-order valence-electron chi connectivity index (χ1n) is 13.5. The summed E-state index contributed by atoms with van der Waals surface area (Å²) < 4.78 is 0. The molecule has 0 heterocycles. The third kappa shape index (κ3) is 12.2.